The van der Waals surface area contributed by atoms with Gasteiger partial charge in [0.2, 0.25) is 0 Å². The Morgan fingerprint density at radius 3 is 2.81 bits per heavy atom. The number of nitrogens with one attached hydrogen (secondary N) is 1. The van der Waals surface area contributed by atoms with Crippen molar-refractivity contribution in [2.24, 2.45) is 0 Å². The first-order valence-electron chi connectivity index (χ1n) is 6.73. The Hall–Kier alpha value is -2.88. The molecule has 0 atom stereocenters. The van der Waals surface area contributed by atoms with Crippen molar-refractivity contribution >= 4 is 21.9 Å². The number of H-pyrrole nitrogens is 1. The van der Waals surface area contributed by atoms with Crippen molar-refractivity contribution in [1.29, 1.82) is 0 Å². The van der Waals surface area contributed by atoms with Crippen LogP contribution in [0.4, 0.5) is 0 Å². The van der Waals surface area contributed by atoms with Crippen LogP contribution >= 0.6 is 0 Å². The van der Waals surface area contributed by atoms with Gasteiger partial charge in [0.15, 0.2) is 0 Å². The molecule has 0 aliphatic rings. The maximum atomic E-state index is 5.25. The topological polar surface area (TPSA) is 50.8 Å². The molecule has 0 spiro atoms. The summed E-state index contributed by atoms with van der Waals surface area (Å²) in [7, 11) is 1.66. The molecule has 0 bridgehead atoms. The van der Waals surface area contributed by atoms with Crippen LogP contribution in [-0.2, 0) is 0 Å². The molecule has 0 radical (unpaired) electrons. The Kier molecular flexibility index (Phi) is 2.60. The van der Waals surface area contributed by atoms with Gasteiger partial charge in [-0.25, -0.2) is 4.98 Å². The second-order valence-corrected chi connectivity index (χ2v) is 4.84. The first-order valence-corrected chi connectivity index (χ1v) is 6.73. The van der Waals surface area contributed by atoms with Crippen LogP contribution in [0.25, 0.3) is 33.3 Å². The van der Waals surface area contributed by atoms with Crippen molar-refractivity contribution in [2.45, 2.75) is 0 Å². The largest absolute Gasteiger partial charge is 0.497 e. The molecule has 102 valence electrons. The third-order valence-corrected chi connectivity index (χ3v) is 3.59. The number of rotatable bonds is 2. The van der Waals surface area contributed by atoms with Gasteiger partial charge in [0, 0.05) is 23.2 Å². The fourth-order valence-electron chi connectivity index (χ4n) is 2.55. The summed E-state index contributed by atoms with van der Waals surface area (Å²) in [5, 5.41) is 1.09. The summed E-state index contributed by atoms with van der Waals surface area (Å²) in [6.07, 6.45) is 1.81. The van der Waals surface area contributed by atoms with Gasteiger partial charge >= 0.3 is 0 Å². The van der Waals surface area contributed by atoms with E-state index in [0.717, 1.165) is 39.1 Å². The van der Waals surface area contributed by atoms with E-state index in [9.17, 15) is 0 Å². The lowest BCUT2D eigenvalue weighted by atomic mass is 10.1. The lowest BCUT2D eigenvalue weighted by Gasteiger charge is -2.02. The van der Waals surface area contributed by atoms with Crippen LogP contribution in [0.1, 0.15) is 0 Å². The van der Waals surface area contributed by atoms with E-state index in [2.05, 4.69) is 21.0 Å². The number of ether oxygens (including phenoxy) is 1. The Bertz CT molecular complexity index is 938. The van der Waals surface area contributed by atoms with Crippen molar-refractivity contribution in [3.05, 3.63) is 54.7 Å². The molecule has 0 unspecified atom stereocenters. The molecule has 2 aromatic heterocycles. The molecule has 2 aromatic carbocycles. The van der Waals surface area contributed by atoms with E-state index in [1.54, 1.807) is 7.11 Å². The first-order chi connectivity index (χ1) is 10.3. The summed E-state index contributed by atoms with van der Waals surface area (Å²) in [5.41, 5.74) is 3.90. The highest BCUT2D eigenvalue weighted by Crippen LogP contribution is 2.28. The van der Waals surface area contributed by atoms with E-state index >= 15 is 0 Å². The molecule has 4 heteroatoms. The van der Waals surface area contributed by atoms with Crippen LogP contribution in [0.2, 0.25) is 0 Å². The molecule has 4 aromatic rings. The number of methoxy groups -OCH3 is 1. The predicted octanol–water partition coefficient (Wildman–Crippen LogP) is 3.79. The summed E-state index contributed by atoms with van der Waals surface area (Å²) >= 11 is 0. The van der Waals surface area contributed by atoms with Crippen LogP contribution in [0.15, 0.2) is 54.7 Å². The number of hydrogen-bond acceptors (Lipinski definition) is 3. The highest BCUT2D eigenvalue weighted by Gasteiger charge is 2.09. The number of nitrogens with zero attached hydrogens (tertiary/aromatic N) is 2. The summed E-state index contributed by atoms with van der Waals surface area (Å²) < 4.78 is 5.25. The van der Waals surface area contributed by atoms with E-state index in [1.807, 2.05) is 48.7 Å². The van der Waals surface area contributed by atoms with Gasteiger partial charge in [-0.2, -0.15) is 0 Å². The van der Waals surface area contributed by atoms with Gasteiger partial charge in [0.25, 0.3) is 0 Å². The molecule has 0 aliphatic heterocycles. The third kappa shape index (κ3) is 1.92. The molecule has 0 aliphatic carbocycles. The van der Waals surface area contributed by atoms with Crippen LogP contribution < -0.4 is 4.74 Å². The molecule has 4 nitrogen and oxygen atoms in total. The smallest absolute Gasteiger partial charge is 0.139 e. The summed E-state index contributed by atoms with van der Waals surface area (Å²) in [5.74, 6) is 1.66. The SMILES string of the molecule is COc1ccc2nc(-c3ccnc4ccccc34)[nH]c2c1. The van der Waals surface area contributed by atoms with Gasteiger partial charge in [-0.05, 0) is 24.3 Å². The average Bonchev–Trinajstić information content (AvgIpc) is 2.97. The third-order valence-electron chi connectivity index (χ3n) is 3.59. The molecular weight excluding hydrogens is 262 g/mol. The van der Waals surface area contributed by atoms with Gasteiger partial charge in [-0.15, -0.1) is 0 Å². The zero-order valence-corrected chi connectivity index (χ0v) is 11.5. The highest BCUT2D eigenvalue weighted by molar-refractivity contribution is 5.94. The number of fused-ring (bicyclic) bond motifs is 2. The number of aromatic amines is 1. The second-order valence-electron chi connectivity index (χ2n) is 4.84. The average molecular weight is 275 g/mol. The number of hydrogen-bond donors (Lipinski definition) is 1. The maximum Gasteiger partial charge on any atom is 0.139 e. The second kappa shape index (κ2) is 4.59. The lowest BCUT2D eigenvalue weighted by Crippen LogP contribution is -1.85. The zero-order valence-electron chi connectivity index (χ0n) is 11.5. The normalized spacial score (nSPS) is 11.1. The molecule has 4 rings (SSSR count). The fraction of sp³-hybridized carbons (Fsp3) is 0.0588. The number of imidazole rings is 1. The van der Waals surface area contributed by atoms with Crippen molar-refractivity contribution in [2.75, 3.05) is 7.11 Å². The van der Waals surface area contributed by atoms with Crippen LogP contribution in [0.5, 0.6) is 5.75 Å². The summed E-state index contributed by atoms with van der Waals surface area (Å²) in [4.78, 5) is 12.4. The Morgan fingerprint density at radius 2 is 1.90 bits per heavy atom. The van der Waals surface area contributed by atoms with Crippen molar-refractivity contribution in [3.8, 4) is 17.1 Å². The maximum absolute atomic E-state index is 5.25. The van der Waals surface area contributed by atoms with Crippen LogP contribution in [-0.4, -0.2) is 22.1 Å². The molecule has 0 saturated heterocycles. The van der Waals surface area contributed by atoms with Crippen LogP contribution in [0, 0.1) is 0 Å². The quantitative estimate of drug-likeness (QED) is 0.605. The molecule has 21 heavy (non-hydrogen) atoms. The molecule has 0 saturated carbocycles. The summed E-state index contributed by atoms with van der Waals surface area (Å²) in [6, 6.07) is 15.9. The van der Waals surface area contributed by atoms with Gasteiger partial charge < -0.3 is 9.72 Å². The van der Waals surface area contributed by atoms with Crippen molar-refractivity contribution in [3.63, 3.8) is 0 Å². The number of pyridine rings is 1. The van der Waals surface area contributed by atoms with Crippen molar-refractivity contribution in [1.82, 2.24) is 15.0 Å². The van der Waals surface area contributed by atoms with Crippen molar-refractivity contribution < 1.29 is 4.74 Å². The van der Waals surface area contributed by atoms with Gasteiger partial charge in [-0.3, -0.25) is 4.98 Å². The van der Waals surface area contributed by atoms with E-state index in [1.165, 1.54) is 0 Å². The van der Waals surface area contributed by atoms with E-state index in [4.69, 9.17) is 4.74 Å². The Morgan fingerprint density at radius 1 is 1.00 bits per heavy atom. The minimum absolute atomic E-state index is 0.817. The standard InChI is InChI=1S/C17H13N3O/c1-21-11-6-7-15-16(10-11)20-17(19-15)13-8-9-18-14-5-3-2-4-12(13)14/h2-10H,1H3,(H,19,20). The molecular formula is C17H13N3O. The minimum Gasteiger partial charge on any atom is -0.497 e. The highest BCUT2D eigenvalue weighted by atomic mass is 16.5. The van der Waals surface area contributed by atoms with Gasteiger partial charge in [0.05, 0.1) is 23.7 Å². The first kappa shape index (κ1) is 11.9. The van der Waals surface area contributed by atoms with Crippen LogP contribution in [0.3, 0.4) is 0 Å². The number of para-hydroxylation sites is 1. The molecule has 2 heterocycles. The monoisotopic (exact) mass is 275 g/mol. The number of aromatic nitrogens is 3. The summed E-state index contributed by atoms with van der Waals surface area (Å²) in [6.45, 7) is 0. The predicted molar refractivity (Wildman–Crippen MR) is 83.4 cm³/mol. The fourth-order valence-corrected chi connectivity index (χ4v) is 2.55. The Balaban J connectivity index is 1.96. The Labute approximate surface area is 121 Å². The number of benzene rings is 2. The molecule has 0 fully saturated rings. The van der Waals surface area contributed by atoms with E-state index in [0.29, 0.717) is 0 Å². The van der Waals surface area contributed by atoms with E-state index < -0.39 is 0 Å². The van der Waals surface area contributed by atoms with Gasteiger partial charge in [0.1, 0.15) is 11.6 Å². The van der Waals surface area contributed by atoms with Gasteiger partial charge in [-0.1, -0.05) is 18.2 Å². The van der Waals surface area contributed by atoms with E-state index in [-0.39, 0.29) is 0 Å². The zero-order chi connectivity index (χ0) is 14.2. The molecule has 0 amide bonds. The molecule has 1 N–H and O–H groups in total. The minimum atomic E-state index is 0.817. The lowest BCUT2D eigenvalue weighted by molar-refractivity contribution is 0.415.